The van der Waals surface area contributed by atoms with E-state index < -0.39 is 0 Å². The van der Waals surface area contributed by atoms with E-state index in [2.05, 4.69) is 36.3 Å². The van der Waals surface area contributed by atoms with Crippen molar-refractivity contribution in [2.24, 2.45) is 0 Å². The molecule has 1 fully saturated rings. The predicted octanol–water partition coefficient (Wildman–Crippen LogP) is 2.49. The maximum absolute atomic E-state index is 12.7. The topological polar surface area (TPSA) is 101 Å². The van der Waals surface area contributed by atoms with Gasteiger partial charge in [-0.05, 0) is 39.3 Å². The number of hydrogen-bond acceptors (Lipinski definition) is 7. The van der Waals surface area contributed by atoms with Crippen LogP contribution in [-0.2, 0) is 6.54 Å². The highest BCUT2D eigenvalue weighted by atomic mass is 16.5. The van der Waals surface area contributed by atoms with Gasteiger partial charge in [-0.25, -0.2) is 14.5 Å². The molecule has 2 amide bonds. The van der Waals surface area contributed by atoms with Crippen molar-refractivity contribution in [1.82, 2.24) is 34.9 Å². The fourth-order valence-electron chi connectivity index (χ4n) is 3.79. The molecule has 1 aliphatic rings. The van der Waals surface area contributed by atoms with Crippen molar-refractivity contribution in [2.45, 2.75) is 33.7 Å². The SMILES string of the molecule is CCOc1cc(N2CCCN(C(=O)NCc3cnc(C)cn3)CC2)ccc1-n1cnc(C)n1. The Balaban J connectivity index is 1.40. The average Bonchev–Trinajstić information content (AvgIpc) is 3.10. The molecular formula is C23H30N8O2. The number of carbonyl (C=O) groups excluding carboxylic acids is 1. The largest absolute Gasteiger partial charge is 0.492 e. The minimum atomic E-state index is -0.0777. The van der Waals surface area contributed by atoms with Crippen molar-refractivity contribution in [3.05, 3.63) is 54.1 Å². The first-order valence-corrected chi connectivity index (χ1v) is 11.2. The lowest BCUT2D eigenvalue weighted by Crippen LogP contribution is -2.41. The first-order chi connectivity index (χ1) is 16.0. The third-order valence-corrected chi connectivity index (χ3v) is 5.50. The maximum Gasteiger partial charge on any atom is 0.317 e. The summed E-state index contributed by atoms with van der Waals surface area (Å²) in [6.07, 6.45) is 5.97. The number of rotatable bonds is 6. The normalized spacial score (nSPS) is 14.2. The number of carbonyl (C=O) groups is 1. The average molecular weight is 451 g/mol. The summed E-state index contributed by atoms with van der Waals surface area (Å²) in [5.74, 6) is 1.47. The number of aromatic nitrogens is 5. The van der Waals surface area contributed by atoms with E-state index in [-0.39, 0.29) is 6.03 Å². The Hall–Kier alpha value is -3.69. The van der Waals surface area contributed by atoms with Crippen LogP contribution in [0.2, 0.25) is 0 Å². The summed E-state index contributed by atoms with van der Waals surface area (Å²) in [6.45, 7) is 9.59. The maximum atomic E-state index is 12.7. The Morgan fingerprint density at radius 1 is 1.09 bits per heavy atom. The van der Waals surface area contributed by atoms with E-state index in [1.165, 1.54) is 0 Å². The van der Waals surface area contributed by atoms with Gasteiger partial charge in [0.25, 0.3) is 0 Å². The van der Waals surface area contributed by atoms with E-state index in [4.69, 9.17) is 4.74 Å². The first-order valence-electron chi connectivity index (χ1n) is 11.2. The van der Waals surface area contributed by atoms with Gasteiger partial charge in [-0.1, -0.05) is 0 Å². The number of aryl methyl sites for hydroxylation is 2. The number of hydrogen-bond donors (Lipinski definition) is 1. The van der Waals surface area contributed by atoms with Crippen molar-refractivity contribution >= 4 is 11.7 Å². The zero-order valence-corrected chi connectivity index (χ0v) is 19.4. The van der Waals surface area contributed by atoms with Crippen molar-refractivity contribution in [3.8, 4) is 11.4 Å². The number of urea groups is 1. The molecule has 174 valence electrons. The Morgan fingerprint density at radius 2 is 1.97 bits per heavy atom. The number of benzene rings is 1. The fourth-order valence-corrected chi connectivity index (χ4v) is 3.79. The molecule has 0 radical (unpaired) electrons. The van der Waals surface area contributed by atoms with Crippen LogP contribution in [0, 0.1) is 13.8 Å². The van der Waals surface area contributed by atoms with E-state index in [1.54, 1.807) is 23.4 Å². The molecule has 0 saturated carbocycles. The molecule has 1 saturated heterocycles. The van der Waals surface area contributed by atoms with Crippen LogP contribution in [-0.4, -0.2) is 68.4 Å². The number of nitrogens with one attached hydrogen (secondary N) is 1. The molecule has 1 aliphatic heterocycles. The Bertz CT molecular complexity index is 1080. The van der Waals surface area contributed by atoms with Gasteiger partial charge in [-0.3, -0.25) is 9.97 Å². The Labute approximate surface area is 193 Å². The van der Waals surface area contributed by atoms with Crippen LogP contribution in [0.4, 0.5) is 10.5 Å². The minimum Gasteiger partial charge on any atom is -0.492 e. The number of anilines is 1. The number of amides is 2. The summed E-state index contributed by atoms with van der Waals surface area (Å²) >= 11 is 0. The molecule has 0 unspecified atom stereocenters. The van der Waals surface area contributed by atoms with E-state index >= 15 is 0 Å². The zero-order valence-electron chi connectivity index (χ0n) is 19.4. The highest BCUT2D eigenvalue weighted by Gasteiger charge is 2.20. The van der Waals surface area contributed by atoms with Crippen molar-refractivity contribution in [3.63, 3.8) is 0 Å². The molecule has 10 heteroatoms. The molecule has 10 nitrogen and oxygen atoms in total. The van der Waals surface area contributed by atoms with Gasteiger partial charge in [0, 0.05) is 44.1 Å². The van der Waals surface area contributed by atoms with Gasteiger partial charge in [0.15, 0.2) is 0 Å². The van der Waals surface area contributed by atoms with Crippen LogP contribution >= 0.6 is 0 Å². The van der Waals surface area contributed by atoms with E-state index in [0.29, 0.717) is 32.1 Å². The molecule has 0 atom stereocenters. The van der Waals surface area contributed by atoms with Crippen LogP contribution in [0.3, 0.4) is 0 Å². The minimum absolute atomic E-state index is 0.0777. The molecule has 33 heavy (non-hydrogen) atoms. The molecule has 1 N–H and O–H groups in total. The first kappa shape index (κ1) is 22.5. The van der Waals surface area contributed by atoms with E-state index in [1.807, 2.05) is 37.8 Å². The van der Waals surface area contributed by atoms with Gasteiger partial charge < -0.3 is 19.9 Å². The molecule has 2 aromatic heterocycles. The zero-order chi connectivity index (χ0) is 23.2. The van der Waals surface area contributed by atoms with Gasteiger partial charge in [-0.15, -0.1) is 0 Å². The van der Waals surface area contributed by atoms with Crippen LogP contribution in [0.5, 0.6) is 5.75 Å². The molecule has 4 rings (SSSR count). The van der Waals surface area contributed by atoms with E-state index in [0.717, 1.165) is 48.0 Å². The molecule has 0 bridgehead atoms. The highest BCUT2D eigenvalue weighted by molar-refractivity contribution is 5.74. The smallest absolute Gasteiger partial charge is 0.317 e. The number of ether oxygens (including phenoxy) is 1. The fraction of sp³-hybridized carbons (Fsp3) is 0.435. The monoisotopic (exact) mass is 450 g/mol. The molecular weight excluding hydrogens is 420 g/mol. The second-order valence-corrected chi connectivity index (χ2v) is 7.96. The Morgan fingerprint density at radius 3 is 2.70 bits per heavy atom. The van der Waals surface area contributed by atoms with Gasteiger partial charge in [0.2, 0.25) is 0 Å². The summed E-state index contributed by atoms with van der Waals surface area (Å²) < 4.78 is 7.64. The van der Waals surface area contributed by atoms with Crippen molar-refractivity contribution in [1.29, 1.82) is 0 Å². The summed E-state index contributed by atoms with van der Waals surface area (Å²) in [6, 6.07) is 6.04. The third-order valence-electron chi connectivity index (χ3n) is 5.50. The van der Waals surface area contributed by atoms with Crippen molar-refractivity contribution in [2.75, 3.05) is 37.7 Å². The molecule has 3 aromatic rings. The summed E-state index contributed by atoms with van der Waals surface area (Å²) in [5.41, 5.74) is 3.53. The quantitative estimate of drug-likeness (QED) is 0.616. The van der Waals surface area contributed by atoms with Crippen LogP contribution in [0.1, 0.15) is 30.6 Å². The molecule has 1 aromatic carbocycles. The van der Waals surface area contributed by atoms with Crippen molar-refractivity contribution < 1.29 is 9.53 Å². The Kier molecular flexibility index (Phi) is 7.01. The lowest BCUT2D eigenvalue weighted by molar-refractivity contribution is 0.201. The summed E-state index contributed by atoms with van der Waals surface area (Å²) in [7, 11) is 0. The standard InChI is InChI=1S/C23H30N8O2/c1-4-33-22-12-20(6-7-21(22)31-16-27-18(3)28-31)29-8-5-9-30(11-10-29)23(32)26-15-19-14-24-17(2)13-25-19/h6-7,12-14,16H,4-5,8-11,15H2,1-3H3,(H,26,32). The predicted molar refractivity (Wildman–Crippen MR) is 125 cm³/mol. The molecule has 0 spiro atoms. The highest BCUT2D eigenvalue weighted by Crippen LogP contribution is 2.29. The second kappa shape index (κ2) is 10.3. The van der Waals surface area contributed by atoms with Crippen LogP contribution < -0.4 is 15.0 Å². The van der Waals surface area contributed by atoms with Crippen LogP contribution in [0.15, 0.2) is 36.9 Å². The number of nitrogens with zero attached hydrogens (tertiary/aromatic N) is 7. The summed E-state index contributed by atoms with van der Waals surface area (Å²) in [4.78, 5) is 29.6. The second-order valence-electron chi connectivity index (χ2n) is 7.96. The van der Waals surface area contributed by atoms with Crippen LogP contribution in [0.25, 0.3) is 5.69 Å². The lowest BCUT2D eigenvalue weighted by Gasteiger charge is -2.25. The van der Waals surface area contributed by atoms with E-state index in [9.17, 15) is 4.79 Å². The lowest BCUT2D eigenvalue weighted by atomic mass is 10.2. The summed E-state index contributed by atoms with van der Waals surface area (Å²) in [5, 5.41) is 7.36. The van der Waals surface area contributed by atoms with Gasteiger partial charge >= 0.3 is 6.03 Å². The van der Waals surface area contributed by atoms with Gasteiger partial charge in [0.1, 0.15) is 23.6 Å². The molecule has 0 aliphatic carbocycles. The van der Waals surface area contributed by atoms with Gasteiger partial charge in [0.05, 0.1) is 30.7 Å². The van der Waals surface area contributed by atoms with Gasteiger partial charge in [-0.2, -0.15) is 5.10 Å². The molecule has 3 heterocycles. The third kappa shape index (κ3) is 5.57.